The van der Waals surface area contributed by atoms with Crippen molar-refractivity contribution in [1.29, 1.82) is 0 Å². The van der Waals surface area contributed by atoms with E-state index in [0.29, 0.717) is 0 Å². The molecule has 0 fully saturated rings. The third-order valence-corrected chi connectivity index (χ3v) is 1.74. The Balaban J connectivity index is 2.50. The van der Waals surface area contributed by atoms with E-state index in [0.717, 1.165) is 12.2 Å². The van der Waals surface area contributed by atoms with E-state index in [-0.39, 0.29) is 6.10 Å². The molecule has 0 radical (unpaired) electrons. The van der Waals surface area contributed by atoms with Gasteiger partial charge in [0.25, 0.3) is 0 Å². The lowest BCUT2D eigenvalue weighted by Crippen LogP contribution is -2.35. The summed E-state index contributed by atoms with van der Waals surface area (Å²) < 4.78 is 5.34. The molecular weight excluding hydrogens is 128 g/mol. The molecule has 0 bridgehead atoms. The monoisotopic (exact) mass is 142 g/mol. The van der Waals surface area contributed by atoms with Gasteiger partial charge in [0.2, 0.25) is 0 Å². The van der Waals surface area contributed by atoms with Crippen LogP contribution in [0.15, 0.2) is 11.8 Å². The van der Waals surface area contributed by atoms with Gasteiger partial charge in [-0.15, -0.1) is 0 Å². The summed E-state index contributed by atoms with van der Waals surface area (Å²) in [7, 11) is 0. The first kappa shape index (κ1) is 7.61. The summed E-state index contributed by atoms with van der Waals surface area (Å²) in [5.41, 5.74) is -0.714. The number of ether oxygens (including phenoxy) is 1. The van der Waals surface area contributed by atoms with E-state index in [9.17, 15) is 5.11 Å². The molecule has 0 spiro atoms. The molecule has 1 atom stereocenters. The molecule has 1 aliphatic rings. The van der Waals surface area contributed by atoms with Gasteiger partial charge in [-0.3, -0.25) is 0 Å². The SMILES string of the molecule is CC1=CCC(C(C)(C)O)O1. The Morgan fingerprint density at radius 1 is 1.70 bits per heavy atom. The van der Waals surface area contributed by atoms with Gasteiger partial charge in [-0.25, -0.2) is 0 Å². The number of hydrogen-bond donors (Lipinski definition) is 1. The summed E-state index contributed by atoms with van der Waals surface area (Å²) in [4.78, 5) is 0. The molecule has 58 valence electrons. The molecule has 1 aliphatic heterocycles. The average molecular weight is 142 g/mol. The van der Waals surface area contributed by atoms with Gasteiger partial charge < -0.3 is 9.84 Å². The number of aliphatic hydroxyl groups is 1. The maximum absolute atomic E-state index is 9.48. The van der Waals surface area contributed by atoms with Gasteiger partial charge in [0.05, 0.1) is 11.4 Å². The van der Waals surface area contributed by atoms with E-state index < -0.39 is 5.60 Å². The van der Waals surface area contributed by atoms with Crippen molar-refractivity contribution >= 4 is 0 Å². The van der Waals surface area contributed by atoms with Crippen LogP contribution < -0.4 is 0 Å². The Hall–Kier alpha value is -0.500. The first-order valence-electron chi connectivity index (χ1n) is 3.56. The molecule has 0 amide bonds. The molecule has 0 saturated heterocycles. The zero-order valence-corrected chi connectivity index (χ0v) is 6.72. The van der Waals surface area contributed by atoms with Crippen LogP contribution in [0.4, 0.5) is 0 Å². The zero-order valence-electron chi connectivity index (χ0n) is 6.72. The van der Waals surface area contributed by atoms with Crippen molar-refractivity contribution in [2.24, 2.45) is 0 Å². The van der Waals surface area contributed by atoms with Crippen molar-refractivity contribution in [2.45, 2.75) is 38.9 Å². The second-order valence-electron chi connectivity index (χ2n) is 3.31. The summed E-state index contributed by atoms with van der Waals surface area (Å²) in [5, 5.41) is 9.48. The maximum atomic E-state index is 9.48. The predicted molar refractivity (Wildman–Crippen MR) is 39.5 cm³/mol. The maximum Gasteiger partial charge on any atom is 0.130 e. The van der Waals surface area contributed by atoms with Crippen LogP contribution in [-0.4, -0.2) is 16.8 Å². The summed E-state index contributed by atoms with van der Waals surface area (Å²) >= 11 is 0. The van der Waals surface area contributed by atoms with Crippen LogP contribution in [0.5, 0.6) is 0 Å². The van der Waals surface area contributed by atoms with Crippen molar-refractivity contribution < 1.29 is 9.84 Å². The van der Waals surface area contributed by atoms with Crippen LogP contribution in [0.25, 0.3) is 0 Å². The van der Waals surface area contributed by atoms with Gasteiger partial charge in [0.15, 0.2) is 0 Å². The molecule has 1 heterocycles. The third-order valence-electron chi connectivity index (χ3n) is 1.74. The molecule has 0 aromatic carbocycles. The summed E-state index contributed by atoms with van der Waals surface area (Å²) in [6.07, 6.45) is 2.78. The fraction of sp³-hybridized carbons (Fsp3) is 0.750. The smallest absolute Gasteiger partial charge is 0.130 e. The highest BCUT2D eigenvalue weighted by atomic mass is 16.5. The molecule has 10 heavy (non-hydrogen) atoms. The highest BCUT2D eigenvalue weighted by Crippen LogP contribution is 2.25. The third kappa shape index (κ3) is 1.51. The van der Waals surface area contributed by atoms with Gasteiger partial charge in [0.1, 0.15) is 6.10 Å². The topological polar surface area (TPSA) is 29.5 Å². The standard InChI is InChI=1S/C8H14O2/c1-6-4-5-7(10-6)8(2,3)9/h4,7,9H,5H2,1-3H3. The van der Waals surface area contributed by atoms with Crippen LogP contribution >= 0.6 is 0 Å². The quantitative estimate of drug-likeness (QED) is 0.600. The van der Waals surface area contributed by atoms with Crippen LogP contribution in [0, 0.1) is 0 Å². The molecule has 0 saturated carbocycles. The fourth-order valence-corrected chi connectivity index (χ4v) is 1.03. The highest BCUT2D eigenvalue weighted by Gasteiger charge is 2.30. The lowest BCUT2D eigenvalue weighted by molar-refractivity contribution is -0.0503. The first-order valence-corrected chi connectivity index (χ1v) is 3.56. The first-order chi connectivity index (χ1) is 4.50. The van der Waals surface area contributed by atoms with Crippen molar-refractivity contribution in [1.82, 2.24) is 0 Å². The van der Waals surface area contributed by atoms with Crippen molar-refractivity contribution in [3.63, 3.8) is 0 Å². The van der Waals surface area contributed by atoms with E-state index in [4.69, 9.17) is 4.74 Å². The second kappa shape index (κ2) is 2.27. The van der Waals surface area contributed by atoms with Crippen LogP contribution in [-0.2, 0) is 4.74 Å². The van der Waals surface area contributed by atoms with Crippen molar-refractivity contribution in [3.8, 4) is 0 Å². The molecule has 0 aromatic rings. The minimum Gasteiger partial charge on any atom is -0.492 e. The van der Waals surface area contributed by atoms with E-state index in [1.807, 2.05) is 13.0 Å². The Kier molecular flexibility index (Phi) is 1.73. The molecular formula is C8H14O2. The average Bonchev–Trinajstić information content (AvgIpc) is 2.11. The van der Waals surface area contributed by atoms with E-state index in [2.05, 4.69) is 0 Å². The lowest BCUT2D eigenvalue weighted by atomic mass is 10.0. The molecule has 0 aliphatic carbocycles. The largest absolute Gasteiger partial charge is 0.492 e. The van der Waals surface area contributed by atoms with E-state index in [1.165, 1.54) is 0 Å². The summed E-state index contributed by atoms with van der Waals surface area (Å²) in [5.74, 6) is 0.923. The highest BCUT2D eigenvalue weighted by molar-refractivity contribution is 5.01. The van der Waals surface area contributed by atoms with Gasteiger partial charge in [-0.1, -0.05) is 0 Å². The second-order valence-corrected chi connectivity index (χ2v) is 3.31. The van der Waals surface area contributed by atoms with E-state index >= 15 is 0 Å². The van der Waals surface area contributed by atoms with Gasteiger partial charge >= 0.3 is 0 Å². The lowest BCUT2D eigenvalue weighted by Gasteiger charge is -2.25. The van der Waals surface area contributed by atoms with Crippen LogP contribution in [0.1, 0.15) is 27.2 Å². The molecule has 2 nitrogen and oxygen atoms in total. The van der Waals surface area contributed by atoms with E-state index in [1.54, 1.807) is 13.8 Å². The Bertz CT molecular complexity index is 153. The molecule has 2 heteroatoms. The van der Waals surface area contributed by atoms with Crippen LogP contribution in [0.2, 0.25) is 0 Å². The van der Waals surface area contributed by atoms with Gasteiger partial charge in [-0.05, 0) is 26.8 Å². The summed E-state index contributed by atoms with van der Waals surface area (Å²) in [6, 6.07) is 0. The fourth-order valence-electron chi connectivity index (χ4n) is 1.03. The van der Waals surface area contributed by atoms with Gasteiger partial charge in [0, 0.05) is 6.42 Å². The normalized spacial score (nSPS) is 26.0. The zero-order chi connectivity index (χ0) is 7.78. The molecule has 1 unspecified atom stereocenters. The minimum atomic E-state index is -0.714. The number of rotatable bonds is 1. The molecule has 0 aromatic heterocycles. The Morgan fingerprint density at radius 3 is 2.50 bits per heavy atom. The van der Waals surface area contributed by atoms with Crippen molar-refractivity contribution in [2.75, 3.05) is 0 Å². The molecule has 1 N–H and O–H groups in total. The molecule has 1 rings (SSSR count). The predicted octanol–water partition coefficient (Wildman–Crippen LogP) is 1.45. The Morgan fingerprint density at radius 2 is 2.30 bits per heavy atom. The Labute approximate surface area is 61.5 Å². The number of hydrogen-bond acceptors (Lipinski definition) is 2. The minimum absolute atomic E-state index is 0.0486. The van der Waals surface area contributed by atoms with Crippen LogP contribution in [0.3, 0.4) is 0 Å². The summed E-state index contributed by atoms with van der Waals surface area (Å²) in [6.45, 7) is 5.44. The van der Waals surface area contributed by atoms with Crippen molar-refractivity contribution in [3.05, 3.63) is 11.8 Å². The van der Waals surface area contributed by atoms with Gasteiger partial charge in [-0.2, -0.15) is 0 Å². The number of allylic oxidation sites excluding steroid dienone is 1.